The Hall–Kier alpha value is -2.70. The number of hydrogen-bond acceptors (Lipinski definition) is 4. The van der Waals surface area contributed by atoms with E-state index in [1.165, 1.54) is 0 Å². The summed E-state index contributed by atoms with van der Waals surface area (Å²) in [5.41, 5.74) is 3.70. The van der Waals surface area contributed by atoms with Crippen molar-refractivity contribution in [2.75, 3.05) is 13.1 Å². The van der Waals surface area contributed by atoms with Gasteiger partial charge < -0.3 is 14.8 Å². The predicted octanol–water partition coefficient (Wildman–Crippen LogP) is 2.84. The highest BCUT2D eigenvalue weighted by atomic mass is 35.5. The Bertz CT molecular complexity index is 1000. The predicted molar refractivity (Wildman–Crippen MR) is 108 cm³/mol. The maximum Gasteiger partial charge on any atom is 0.242 e. The van der Waals surface area contributed by atoms with Crippen LogP contribution in [-0.4, -0.2) is 50.5 Å². The van der Waals surface area contributed by atoms with E-state index in [0.717, 1.165) is 42.0 Å². The topological polar surface area (TPSA) is 63.1 Å². The molecule has 2 fully saturated rings. The van der Waals surface area contributed by atoms with E-state index in [2.05, 4.69) is 15.3 Å². The zero-order valence-electron chi connectivity index (χ0n) is 15.3. The summed E-state index contributed by atoms with van der Waals surface area (Å²) in [4.78, 5) is 23.8. The van der Waals surface area contributed by atoms with E-state index in [1.54, 1.807) is 18.7 Å². The molecular weight excluding hydrogens is 374 g/mol. The highest BCUT2D eigenvalue weighted by Crippen LogP contribution is 2.32. The smallest absolute Gasteiger partial charge is 0.242 e. The Labute approximate surface area is 168 Å². The molecule has 6 nitrogen and oxygen atoms in total. The fraction of sp³-hybridized carbons (Fsp3) is 0.286. The minimum absolute atomic E-state index is 0.143. The molecule has 2 bridgehead atoms. The number of halogens is 1. The van der Waals surface area contributed by atoms with Crippen LogP contribution in [0.2, 0.25) is 5.02 Å². The van der Waals surface area contributed by atoms with Gasteiger partial charge in [-0.3, -0.25) is 9.78 Å². The van der Waals surface area contributed by atoms with Crippen LogP contribution in [0, 0.1) is 0 Å². The second kappa shape index (κ2) is 7.04. The van der Waals surface area contributed by atoms with E-state index < -0.39 is 0 Å². The van der Waals surface area contributed by atoms with Gasteiger partial charge in [0.15, 0.2) is 0 Å². The second-order valence-electron chi connectivity index (χ2n) is 7.35. The Morgan fingerprint density at radius 3 is 2.61 bits per heavy atom. The van der Waals surface area contributed by atoms with E-state index in [9.17, 15) is 4.79 Å². The van der Waals surface area contributed by atoms with E-state index in [0.29, 0.717) is 17.1 Å². The van der Waals surface area contributed by atoms with Crippen LogP contribution in [-0.2, 0) is 11.3 Å². The first-order valence-corrected chi connectivity index (χ1v) is 9.81. The van der Waals surface area contributed by atoms with Crippen molar-refractivity contribution < 1.29 is 4.79 Å². The average Bonchev–Trinajstić information content (AvgIpc) is 3.45. The molecule has 2 saturated heterocycles. The van der Waals surface area contributed by atoms with Gasteiger partial charge in [-0.2, -0.15) is 0 Å². The summed E-state index contributed by atoms with van der Waals surface area (Å²) in [5.74, 6) is 0.143. The van der Waals surface area contributed by atoms with E-state index in [-0.39, 0.29) is 12.5 Å². The summed E-state index contributed by atoms with van der Waals surface area (Å²) in [6.45, 7) is 1.97. The standard InChI is InChI=1S/C21H20ClN5O/c22-16-3-1-14(2-4-16)20-21(15-5-7-23-8-6-15)26(13-25-20)12-19(28)27-11-17-9-18(27)10-24-17/h1-8,13,17-18,24H,9-12H2/t17-,18-/m1/s1. The van der Waals surface area contributed by atoms with Crippen molar-refractivity contribution in [1.82, 2.24) is 24.8 Å². The fourth-order valence-electron chi connectivity index (χ4n) is 4.24. The van der Waals surface area contributed by atoms with Gasteiger partial charge in [-0.05, 0) is 30.7 Å². The molecule has 5 rings (SSSR count). The summed E-state index contributed by atoms with van der Waals surface area (Å²) in [6, 6.07) is 12.3. The normalized spacial score (nSPS) is 20.7. The Morgan fingerprint density at radius 2 is 1.93 bits per heavy atom. The largest absolute Gasteiger partial charge is 0.335 e. The van der Waals surface area contributed by atoms with Gasteiger partial charge in [-0.15, -0.1) is 0 Å². The number of carbonyl (C=O) groups excluding carboxylic acids is 1. The van der Waals surface area contributed by atoms with Crippen molar-refractivity contribution in [3.05, 3.63) is 60.1 Å². The molecule has 2 aromatic heterocycles. The number of rotatable bonds is 4. The number of carbonyl (C=O) groups is 1. The number of benzene rings is 1. The van der Waals surface area contributed by atoms with Crippen LogP contribution in [0.3, 0.4) is 0 Å². The minimum Gasteiger partial charge on any atom is -0.335 e. The van der Waals surface area contributed by atoms with Gasteiger partial charge in [-0.1, -0.05) is 23.7 Å². The zero-order chi connectivity index (χ0) is 19.1. The highest BCUT2D eigenvalue weighted by molar-refractivity contribution is 6.30. The number of likely N-dealkylation sites (tertiary alicyclic amines) is 1. The summed E-state index contributed by atoms with van der Waals surface area (Å²) >= 11 is 6.04. The van der Waals surface area contributed by atoms with Gasteiger partial charge in [0.2, 0.25) is 5.91 Å². The summed E-state index contributed by atoms with van der Waals surface area (Å²) in [5, 5.41) is 4.12. The van der Waals surface area contributed by atoms with Crippen molar-refractivity contribution in [1.29, 1.82) is 0 Å². The monoisotopic (exact) mass is 393 g/mol. The molecule has 142 valence electrons. The van der Waals surface area contributed by atoms with Crippen molar-refractivity contribution in [3.8, 4) is 22.5 Å². The molecule has 4 heterocycles. The van der Waals surface area contributed by atoms with Gasteiger partial charge in [0.05, 0.1) is 17.7 Å². The molecule has 2 aliphatic heterocycles. The number of amides is 1. The van der Waals surface area contributed by atoms with Gasteiger partial charge in [0.1, 0.15) is 6.54 Å². The molecule has 1 aromatic carbocycles. The lowest BCUT2D eigenvalue weighted by atomic mass is 10.1. The summed E-state index contributed by atoms with van der Waals surface area (Å²) in [7, 11) is 0. The number of nitrogens with zero attached hydrogens (tertiary/aromatic N) is 4. The lowest BCUT2D eigenvalue weighted by Crippen LogP contribution is -2.47. The number of imidazole rings is 1. The molecule has 0 unspecified atom stereocenters. The molecule has 2 aliphatic rings. The summed E-state index contributed by atoms with van der Waals surface area (Å²) < 4.78 is 1.95. The first-order chi connectivity index (χ1) is 13.7. The van der Waals surface area contributed by atoms with Gasteiger partial charge in [0, 0.05) is 53.7 Å². The number of pyridine rings is 1. The molecule has 0 spiro atoms. The first kappa shape index (κ1) is 17.4. The number of fused-ring (bicyclic) bond motifs is 2. The third-order valence-corrected chi connectivity index (χ3v) is 5.84. The van der Waals surface area contributed by atoms with Crippen LogP contribution in [0.25, 0.3) is 22.5 Å². The van der Waals surface area contributed by atoms with Gasteiger partial charge in [-0.25, -0.2) is 4.98 Å². The van der Waals surface area contributed by atoms with E-state index in [4.69, 9.17) is 11.6 Å². The lowest BCUT2D eigenvalue weighted by molar-refractivity contribution is -0.133. The molecule has 0 saturated carbocycles. The maximum atomic E-state index is 13.0. The van der Waals surface area contributed by atoms with Gasteiger partial charge >= 0.3 is 0 Å². The number of hydrogen-bond donors (Lipinski definition) is 1. The second-order valence-corrected chi connectivity index (χ2v) is 7.79. The van der Waals surface area contributed by atoms with Crippen LogP contribution in [0.4, 0.5) is 0 Å². The molecule has 1 amide bonds. The molecule has 7 heteroatoms. The third-order valence-electron chi connectivity index (χ3n) is 5.59. The third kappa shape index (κ3) is 3.08. The number of nitrogens with one attached hydrogen (secondary N) is 1. The average molecular weight is 394 g/mol. The SMILES string of the molecule is O=C(Cn1cnc(-c2ccc(Cl)cc2)c1-c1ccncc1)N1C[C@H]2C[C@@H]1CN2. The van der Waals surface area contributed by atoms with E-state index >= 15 is 0 Å². The van der Waals surface area contributed by atoms with Crippen molar-refractivity contribution >= 4 is 17.5 Å². The first-order valence-electron chi connectivity index (χ1n) is 9.43. The Kier molecular flexibility index (Phi) is 4.37. The van der Waals surface area contributed by atoms with Crippen LogP contribution < -0.4 is 5.32 Å². The lowest BCUT2D eigenvalue weighted by Gasteiger charge is -2.27. The van der Waals surface area contributed by atoms with Crippen LogP contribution in [0.5, 0.6) is 0 Å². The zero-order valence-corrected chi connectivity index (χ0v) is 16.0. The molecular formula is C21H20ClN5O. The van der Waals surface area contributed by atoms with Crippen molar-refractivity contribution in [3.63, 3.8) is 0 Å². The van der Waals surface area contributed by atoms with Crippen molar-refractivity contribution in [2.45, 2.75) is 25.0 Å². The van der Waals surface area contributed by atoms with Crippen LogP contribution in [0.1, 0.15) is 6.42 Å². The highest BCUT2D eigenvalue weighted by Gasteiger charge is 2.40. The molecule has 2 atom stereocenters. The molecule has 3 aromatic rings. The van der Waals surface area contributed by atoms with Gasteiger partial charge in [0.25, 0.3) is 0 Å². The fourth-order valence-corrected chi connectivity index (χ4v) is 4.36. The van der Waals surface area contributed by atoms with Crippen LogP contribution in [0.15, 0.2) is 55.1 Å². The van der Waals surface area contributed by atoms with Crippen molar-refractivity contribution in [2.24, 2.45) is 0 Å². The molecule has 0 aliphatic carbocycles. The number of piperazine rings is 1. The Morgan fingerprint density at radius 1 is 1.14 bits per heavy atom. The molecule has 0 radical (unpaired) electrons. The summed E-state index contributed by atoms with van der Waals surface area (Å²) in [6.07, 6.45) is 6.32. The quantitative estimate of drug-likeness (QED) is 0.740. The van der Waals surface area contributed by atoms with E-state index in [1.807, 2.05) is 45.9 Å². The Balaban J connectivity index is 1.51. The molecule has 1 N–H and O–H groups in total. The minimum atomic E-state index is 0.143. The molecule has 28 heavy (non-hydrogen) atoms. The van der Waals surface area contributed by atoms with Crippen LogP contribution >= 0.6 is 11.6 Å². The number of aromatic nitrogens is 3. The maximum absolute atomic E-state index is 13.0.